The highest BCUT2D eigenvalue weighted by atomic mass is 35.5. The van der Waals surface area contributed by atoms with Crippen LogP contribution in [-0.4, -0.2) is 51.6 Å². The smallest absolute Gasteiger partial charge is 0.261 e. The number of fused-ring (bicyclic) bond motifs is 3. The first kappa shape index (κ1) is 29.5. The first-order valence-electron chi connectivity index (χ1n) is 15.3. The van der Waals surface area contributed by atoms with Gasteiger partial charge in [-0.3, -0.25) is 9.36 Å². The van der Waals surface area contributed by atoms with Gasteiger partial charge in [0.2, 0.25) is 0 Å². The highest BCUT2D eigenvalue weighted by Crippen LogP contribution is 2.61. The van der Waals surface area contributed by atoms with Crippen LogP contribution in [0.4, 0.5) is 5.69 Å². The van der Waals surface area contributed by atoms with Gasteiger partial charge in [0.1, 0.15) is 0 Å². The molecule has 0 amide bonds. The molecule has 224 valence electrons. The van der Waals surface area contributed by atoms with Crippen LogP contribution < -0.4 is 16.2 Å². The van der Waals surface area contributed by atoms with Gasteiger partial charge in [-0.25, -0.2) is 9.98 Å². The summed E-state index contributed by atoms with van der Waals surface area (Å²) in [7, 11) is 0. The van der Waals surface area contributed by atoms with Crippen molar-refractivity contribution in [2.24, 2.45) is 28.2 Å². The monoisotopic (exact) mass is 608 g/mol. The lowest BCUT2D eigenvalue weighted by Crippen LogP contribution is -2.59. The summed E-state index contributed by atoms with van der Waals surface area (Å²) in [6.45, 7) is 14.0. The summed E-state index contributed by atoms with van der Waals surface area (Å²) >= 11 is 12.4. The number of nitrogens with zero attached hydrogens (tertiary/aromatic N) is 4. The van der Waals surface area contributed by atoms with Crippen LogP contribution >= 0.6 is 23.2 Å². The van der Waals surface area contributed by atoms with Crippen LogP contribution in [0.5, 0.6) is 0 Å². The van der Waals surface area contributed by atoms with Crippen molar-refractivity contribution in [3.63, 3.8) is 0 Å². The molecule has 1 aliphatic heterocycles. The van der Waals surface area contributed by atoms with E-state index in [0.29, 0.717) is 63.4 Å². The molecule has 3 saturated carbocycles. The first-order valence-corrected chi connectivity index (χ1v) is 16.0. The zero-order valence-electron chi connectivity index (χ0n) is 25.2. The largest absolute Gasteiger partial charge is 0.340 e. The van der Waals surface area contributed by atoms with E-state index in [1.807, 2.05) is 30.3 Å². The Kier molecular flexibility index (Phi) is 8.05. The number of guanidine groups is 1. The van der Waals surface area contributed by atoms with E-state index in [0.717, 1.165) is 48.6 Å². The van der Waals surface area contributed by atoms with Gasteiger partial charge < -0.3 is 15.5 Å². The highest BCUT2D eigenvalue weighted by Gasteiger charge is 2.56. The van der Waals surface area contributed by atoms with Gasteiger partial charge in [0.15, 0.2) is 5.96 Å². The van der Waals surface area contributed by atoms with E-state index in [2.05, 4.69) is 55.1 Å². The molecule has 6 atom stereocenters. The molecular weight excluding hydrogens is 567 g/mol. The molecule has 4 fully saturated rings. The van der Waals surface area contributed by atoms with Gasteiger partial charge in [-0.1, -0.05) is 50.0 Å². The lowest BCUT2D eigenvalue weighted by atomic mass is 9.45. The minimum Gasteiger partial charge on any atom is -0.340 e. The van der Waals surface area contributed by atoms with Gasteiger partial charge >= 0.3 is 0 Å². The Balaban J connectivity index is 1.24. The Hall–Kier alpha value is -2.61. The van der Waals surface area contributed by atoms with Gasteiger partial charge in [-0.2, -0.15) is 0 Å². The molecule has 2 N–H and O–H groups in total. The summed E-state index contributed by atoms with van der Waals surface area (Å²) in [6, 6.07) is 12.3. The van der Waals surface area contributed by atoms with Crippen LogP contribution in [0.25, 0.3) is 10.9 Å². The molecule has 1 unspecified atom stereocenters. The molecule has 2 bridgehead atoms. The summed E-state index contributed by atoms with van der Waals surface area (Å²) < 4.78 is 1.65. The average Bonchev–Trinajstić information content (AvgIpc) is 2.93. The number of aromatic nitrogens is 2. The lowest BCUT2D eigenvalue weighted by molar-refractivity contribution is -0.108. The van der Waals surface area contributed by atoms with E-state index < -0.39 is 0 Å². The molecule has 3 aromatic rings. The molecule has 4 aliphatic rings. The molecule has 7 nitrogen and oxygen atoms in total. The predicted octanol–water partition coefficient (Wildman–Crippen LogP) is 6.47. The van der Waals surface area contributed by atoms with Gasteiger partial charge in [-0.15, -0.1) is 0 Å². The third-order valence-corrected chi connectivity index (χ3v) is 10.8. The molecule has 3 aliphatic carbocycles. The number of nitrogens with one attached hydrogen (secondary N) is 2. The fraction of sp³-hybridized carbons (Fsp3) is 0.545. The maximum atomic E-state index is 13.3. The van der Waals surface area contributed by atoms with Crippen LogP contribution in [0.1, 0.15) is 53.0 Å². The number of hydrogen-bond donors (Lipinski definition) is 2. The summed E-state index contributed by atoms with van der Waals surface area (Å²) in [5.41, 5.74) is 2.87. The topological polar surface area (TPSA) is 74.5 Å². The van der Waals surface area contributed by atoms with Crippen molar-refractivity contribution in [1.82, 2.24) is 19.8 Å². The summed E-state index contributed by atoms with van der Waals surface area (Å²) in [5.74, 6) is 2.96. The van der Waals surface area contributed by atoms with E-state index in [1.54, 1.807) is 17.0 Å². The van der Waals surface area contributed by atoms with E-state index in [1.165, 1.54) is 6.42 Å². The number of piperazine rings is 1. The first-order chi connectivity index (χ1) is 20.0. The second-order valence-electron chi connectivity index (χ2n) is 13.4. The molecule has 9 heteroatoms. The molecule has 2 aromatic carbocycles. The normalized spacial score (nSPS) is 28.9. The van der Waals surface area contributed by atoms with Crippen molar-refractivity contribution in [2.75, 3.05) is 18.4 Å². The van der Waals surface area contributed by atoms with Crippen LogP contribution in [-0.2, 0) is 13.0 Å². The third-order valence-electron chi connectivity index (χ3n) is 10.2. The van der Waals surface area contributed by atoms with Crippen LogP contribution in [0.15, 0.2) is 52.5 Å². The molecule has 2 heterocycles. The van der Waals surface area contributed by atoms with Gasteiger partial charge in [-0.05, 0) is 92.2 Å². The van der Waals surface area contributed by atoms with Crippen molar-refractivity contribution in [3.8, 4) is 0 Å². The number of anilines is 1. The molecule has 0 spiro atoms. The number of aliphatic imine (C=N–C) groups is 1. The van der Waals surface area contributed by atoms with E-state index in [9.17, 15) is 4.79 Å². The second kappa shape index (κ2) is 11.5. The van der Waals surface area contributed by atoms with E-state index in [-0.39, 0.29) is 5.56 Å². The molecule has 1 saturated heterocycles. The fourth-order valence-corrected chi connectivity index (χ4v) is 8.14. The number of halogens is 2. The van der Waals surface area contributed by atoms with Gasteiger partial charge in [0.05, 0.1) is 23.3 Å². The summed E-state index contributed by atoms with van der Waals surface area (Å²) in [4.78, 5) is 25.8. The van der Waals surface area contributed by atoms with Crippen molar-refractivity contribution in [3.05, 3.63) is 68.7 Å². The van der Waals surface area contributed by atoms with Crippen molar-refractivity contribution in [1.29, 1.82) is 0 Å². The Morgan fingerprint density at radius 1 is 1.10 bits per heavy atom. The Labute approximate surface area is 258 Å². The highest BCUT2D eigenvalue weighted by molar-refractivity contribution is 6.35. The zero-order chi connectivity index (χ0) is 29.8. The summed E-state index contributed by atoms with van der Waals surface area (Å²) in [6.07, 6.45) is 4.73. The van der Waals surface area contributed by atoms with Gasteiger partial charge in [0.25, 0.3) is 5.56 Å². The van der Waals surface area contributed by atoms with Gasteiger partial charge in [0, 0.05) is 47.5 Å². The minimum atomic E-state index is -0.0619. The number of aryl methyl sites for hydroxylation is 2. The van der Waals surface area contributed by atoms with E-state index in [4.69, 9.17) is 28.2 Å². The second-order valence-corrected chi connectivity index (χ2v) is 14.3. The number of rotatable bonds is 5. The zero-order valence-corrected chi connectivity index (χ0v) is 26.7. The molecular formula is C33H42Cl2N6O. The maximum absolute atomic E-state index is 13.3. The van der Waals surface area contributed by atoms with Crippen molar-refractivity contribution < 1.29 is 0 Å². The lowest BCUT2D eigenvalue weighted by Gasteiger charge is -2.61. The van der Waals surface area contributed by atoms with Crippen molar-refractivity contribution >= 4 is 45.8 Å². The molecule has 0 radical (unpaired) electrons. The summed E-state index contributed by atoms with van der Waals surface area (Å²) in [5, 5.41) is 9.11. The average molecular weight is 610 g/mol. The van der Waals surface area contributed by atoms with Crippen LogP contribution in [0.3, 0.4) is 0 Å². The third kappa shape index (κ3) is 5.68. The molecule has 1 aromatic heterocycles. The quantitative estimate of drug-likeness (QED) is 0.256. The number of hydrogen-bond acceptors (Lipinski definition) is 4. The van der Waals surface area contributed by atoms with Crippen LogP contribution in [0, 0.1) is 23.2 Å². The Morgan fingerprint density at radius 3 is 2.55 bits per heavy atom. The molecule has 7 rings (SSSR count). The van der Waals surface area contributed by atoms with Crippen LogP contribution in [0.2, 0.25) is 10.0 Å². The number of benzene rings is 2. The molecule has 42 heavy (non-hydrogen) atoms. The SMILES string of the molecule is C[C@@H]1CN(C(=NC2C[C@@H]3C[C@H]([C@@H]2C)C3(C)C)Nc2ccc3c(=O)n(CCc4ccc(Cl)cc4Cl)cnc3c2)C[C@H](C)N1. The maximum Gasteiger partial charge on any atom is 0.261 e. The fourth-order valence-electron chi connectivity index (χ4n) is 7.63. The minimum absolute atomic E-state index is 0.0619. The van der Waals surface area contributed by atoms with E-state index >= 15 is 0 Å². The predicted molar refractivity (Wildman–Crippen MR) is 174 cm³/mol. The Bertz CT molecular complexity index is 1560. The standard InChI is InChI=1S/C33H42Cl2N6O/c1-19-16-41(17-20(2)37-19)32(39-29-13-23-12-27(21(29)3)33(23,4)5)38-25-8-9-26-30(15-25)36-18-40(31(26)42)11-10-22-6-7-24(34)14-28(22)35/h6-9,14-15,18-21,23,27,29,37H,10-13,16-17H2,1-5H3,(H,38,39)/t19-,20+,21-,23-,27+,29?/m0/s1. The Morgan fingerprint density at radius 2 is 1.86 bits per heavy atom. The van der Waals surface area contributed by atoms with Crippen molar-refractivity contribution in [2.45, 2.75) is 78.6 Å².